The summed E-state index contributed by atoms with van der Waals surface area (Å²) < 4.78 is 3.69. The molecule has 0 saturated heterocycles. The second kappa shape index (κ2) is 5.96. The van der Waals surface area contributed by atoms with Gasteiger partial charge in [-0.2, -0.15) is 5.10 Å². The van der Waals surface area contributed by atoms with Crippen LogP contribution >= 0.6 is 15.9 Å². The zero-order valence-corrected chi connectivity index (χ0v) is 14.2. The molecule has 0 aliphatic heterocycles. The summed E-state index contributed by atoms with van der Waals surface area (Å²) in [4.78, 5) is 28.6. The first-order chi connectivity index (χ1) is 11.0. The molecule has 0 aliphatic carbocycles. The van der Waals surface area contributed by atoms with Gasteiger partial charge in [0, 0.05) is 17.2 Å². The zero-order valence-electron chi connectivity index (χ0n) is 12.6. The molecule has 1 N–H and O–H groups in total. The van der Waals surface area contributed by atoms with Gasteiger partial charge in [0.2, 0.25) is 5.91 Å². The summed E-state index contributed by atoms with van der Waals surface area (Å²) in [7, 11) is 1.71. The van der Waals surface area contributed by atoms with E-state index in [1.807, 2.05) is 25.1 Å². The number of nitrogens with zero attached hydrogens (tertiary/aromatic N) is 4. The van der Waals surface area contributed by atoms with Gasteiger partial charge in [0.25, 0.3) is 5.56 Å². The lowest BCUT2D eigenvalue weighted by atomic mass is 10.2. The number of fused-ring (bicyclic) bond motifs is 1. The van der Waals surface area contributed by atoms with Crippen molar-refractivity contribution < 1.29 is 4.79 Å². The minimum atomic E-state index is -0.298. The zero-order chi connectivity index (χ0) is 16.6. The molecular formula is C15H14BrN5O2. The van der Waals surface area contributed by atoms with Crippen molar-refractivity contribution in [2.45, 2.75) is 13.5 Å². The van der Waals surface area contributed by atoms with Crippen molar-refractivity contribution in [3.8, 4) is 0 Å². The molecule has 0 radical (unpaired) electrons. The van der Waals surface area contributed by atoms with Crippen LogP contribution in [-0.4, -0.2) is 25.2 Å². The molecule has 8 heteroatoms. The minimum absolute atomic E-state index is 0.109. The fourth-order valence-corrected chi connectivity index (χ4v) is 2.58. The van der Waals surface area contributed by atoms with Crippen molar-refractivity contribution in [1.29, 1.82) is 0 Å². The highest BCUT2D eigenvalue weighted by molar-refractivity contribution is 9.10. The van der Waals surface area contributed by atoms with Crippen LogP contribution in [0.25, 0.3) is 11.0 Å². The van der Waals surface area contributed by atoms with E-state index < -0.39 is 0 Å². The van der Waals surface area contributed by atoms with Gasteiger partial charge in [-0.25, -0.2) is 4.98 Å². The summed E-state index contributed by atoms with van der Waals surface area (Å²) in [5.74, 6) is -0.298. The second-order valence-corrected chi connectivity index (χ2v) is 6.05. The maximum absolute atomic E-state index is 12.3. The number of amides is 1. The molecule has 2 heterocycles. The van der Waals surface area contributed by atoms with E-state index in [0.717, 1.165) is 10.0 Å². The summed E-state index contributed by atoms with van der Waals surface area (Å²) >= 11 is 3.42. The number of benzene rings is 1. The van der Waals surface area contributed by atoms with Crippen LogP contribution in [0.5, 0.6) is 0 Å². The summed E-state index contributed by atoms with van der Waals surface area (Å²) in [6, 6.07) is 5.52. The molecule has 0 aliphatic rings. The van der Waals surface area contributed by atoms with Gasteiger partial charge >= 0.3 is 0 Å². The molecule has 0 saturated carbocycles. The monoisotopic (exact) mass is 375 g/mol. The van der Waals surface area contributed by atoms with E-state index in [9.17, 15) is 9.59 Å². The van der Waals surface area contributed by atoms with Gasteiger partial charge in [-0.05, 0) is 24.6 Å². The van der Waals surface area contributed by atoms with Crippen molar-refractivity contribution in [2.75, 3.05) is 5.32 Å². The maximum Gasteiger partial charge on any atom is 0.264 e. The molecule has 7 nitrogen and oxygen atoms in total. The third kappa shape index (κ3) is 3.02. The van der Waals surface area contributed by atoms with E-state index in [-0.39, 0.29) is 18.0 Å². The second-order valence-electron chi connectivity index (χ2n) is 5.20. The lowest BCUT2D eigenvalue weighted by molar-refractivity contribution is -0.116. The van der Waals surface area contributed by atoms with Crippen LogP contribution in [0.2, 0.25) is 0 Å². The van der Waals surface area contributed by atoms with Gasteiger partial charge in [-0.15, -0.1) is 0 Å². The molecule has 23 heavy (non-hydrogen) atoms. The molecule has 1 amide bonds. The number of carbonyl (C=O) groups excluding carboxylic acids is 1. The summed E-state index contributed by atoms with van der Waals surface area (Å²) in [5.41, 5.74) is 1.94. The van der Waals surface area contributed by atoms with E-state index in [4.69, 9.17) is 0 Å². The number of rotatable bonds is 3. The first-order valence-electron chi connectivity index (χ1n) is 6.89. The Bertz CT molecular complexity index is 960. The van der Waals surface area contributed by atoms with Gasteiger partial charge in [0.05, 0.1) is 6.20 Å². The van der Waals surface area contributed by atoms with Crippen LogP contribution in [0.4, 0.5) is 5.69 Å². The fourth-order valence-electron chi connectivity index (χ4n) is 2.21. The highest BCUT2D eigenvalue weighted by Gasteiger charge is 2.11. The molecule has 2 aromatic heterocycles. The van der Waals surface area contributed by atoms with Crippen molar-refractivity contribution in [2.24, 2.45) is 7.05 Å². The van der Waals surface area contributed by atoms with Crippen LogP contribution in [0.15, 0.2) is 40.0 Å². The number of carbonyl (C=O) groups is 1. The normalized spacial score (nSPS) is 10.9. The largest absolute Gasteiger partial charge is 0.324 e. The van der Waals surface area contributed by atoms with E-state index in [1.54, 1.807) is 7.05 Å². The van der Waals surface area contributed by atoms with Crippen LogP contribution in [-0.2, 0) is 18.4 Å². The lowest BCUT2D eigenvalue weighted by Crippen LogP contribution is -2.27. The van der Waals surface area contributed by atoms with Crippen LogP contribution < -0.4 is 10.9 Å². The van der Waals surface area contributed by atoms with Gasteiger partial charge in [-0.3, -0.25) is 18.8 Å². The summed E-state index contributed by atoms with van der Waals surface area (Å²) in [6.45, 7) is 1.85. The highest BCUT2D eigenvalue weighted by atomic mass is 79.9. The predicted octanol–water partition coefficient (Wildman–Crippen LogP) is 1.84. The quantitative estimate of drug-likeness (QED) is 0.756. The SMILES string of the molecule is Cc1ccc(NC(=O)Cn2cnc3c(cnn3C)c2=O)cc1Br. The molecule has 1 aromatic carbocycles. The van der Waals surface area contributed by atoms with Gasteiger partial charge < -0.3 is 5.32 Å². The molecule has 0 fully saturated rings. The number of halogens is 1. The maximum atomic E-state index is 12.3. The first-order valence-corrected chi connectivity index (χ1v) is 7.68. The van der Waals surface area contributed by atoms with Crippen molar-refractivity contribution >= 4 is 38.6 Å². The third-order valence-corrected chi connectivity index (χ3v) is 4.34. The molecular weight excluding hydrogens is 362 g/mol. The highest BCUT2D eigenvalue weighted by Crippen LogP contribution is 2.20. The Balaban J connectivity index is 1.81. The van der Waals surface area contributed by atoms with Crippen molar-refractivity contribution in [3.05, 3.63) is 51.1 Å². The van der Waals surface area contributed by atoms with Crippen molar-refractivity contribution in [3.63, 3.8) is 0 Å². The number of aromatic nitrogens is 4. The molecule has 3 aromatic rings. The number of hydrogen-bond donors (Lipinski definition) is 1. The van der Waals surface area contributed by atoms with Crippen molar-refractivity contribution in [1.82, 2.24) is 19.3 Å². The van der Waals surface area contributed by atoms with Gasteiger partial charge in [-0.1, -0.05) is 22.0 Å². The van der Waals surface area contributed by atoms with Crippen LogP contribution in [0, 0.1) is 6.92 Å². The molecule has 118 valence electrons. The average Bonchev–Trinajstić information content (AvgIpc) is 2.88. The van der Waals surface area contributed by atoms with Crippen LogP contribution in [0.3, 0.4) is 0 Å². The summed E-state index contributed by atoms with van der Waals surface area (Å²) in [5, 5.41) is 7.15. The average molecular weight is 376 g/mol. The number of aryl methyl sites for hydroxylation is 2. The molecule has 0 unspecified atom stereocenters. The Labute approximate surface area is 140 Å². The number of nitrogens with one attached hydrogen (secondary N) is 1. The standard InChI is InChI=1S/C15H14BrN5O2/c1-9-3-4-10(5-12(9)16)19-13(22)7-21-8-17-14-11(15(21)23)6-18-20(14)2/h3-6,8H,7H2,1-2H3,(H,19,22). The molecule has 0 atom stereocenters. The fraction of sp³-hybridized carbons (Fsp3) is 0.200. The molecule has 0 bridgehead atoms. The van der Waals surface area contributed by atoms with E-state index in [0.29, 0.717) is 16.7 Å². The Kier molecular flexibility index (Phi) is 3.99. The molecule has 3 rings (SSSR count). The smallest absolute Gasteiger partial charge is 0.264 e. The lowest BCUT2D eigenvalue weighted by Gasteiger charge is -2.08. The van der Waals surface area contributed by atoms with Gasteiger partial charge in [0.15, 0.2) is 5.65 Å². The Hall–Kier alpha value is -2.48. The first kappa shape index (κ1) is 15.4. The third-order valence-electron chi connectivity index (χ3n) is 3.49. The Morgan fingerprint density at radius 2 is 2.17 bits per heavy atom. The number of anilines is 1. The minimum Gasteiger partial charge on any atom is -0.324 e. The Morgan fingerprint density at radius 1 is 1.39 bits per heavy atom. The summed E-state index contributed by atoms with van der Waals surface area (Å²) in [6.07, 6.45) is 2.81. The Morgan fingerprint density at radius 3 is 2.91 bits per heavy atom. The topological polar surface area (TPSA) is 81.8 Å². The van der Waals surface area contributed by atoms with E-state index in [2.05, 4.69) is 31.3 Å². The van der Waals surface area contributed by atoms with E-state index in [1.165, 1.54) is 21.8 Å². The van der Waals surface area contributed by atoms with Crippen LogP contribution in [0.1, 0.15) is 5.56 Å². The van der Waals surface area contributed by atoms with E-state index >= 15 is 0 Å². The predicted molar refractivity (Wildman–Crippen MR) is 90.3 cm³/mol. The number of hydrogen-bond acceptors (Lipinski definition) is 4. The van der Waals surface area contributed by atoms with Gasteiger partial charge in [0.1, 0.15) is 18.3 Å². The molecule has 0 spiro atoms.